The molecule has 0 aromatic carbocycles. The lowest BCUT2D eigenvalue weighted by atomic mass is 9.95. The normalized spacial score (nSPS) is 21.4. The van der Waals surface area contributed by atoms with Gasteiger partial charge in [0.1, 0.15) is 5.56 Å². The second-order valence-corrected chi connectivity index (χ2v) is 7.05. The summed E-state index contributed by atoms with van der Waals surface area (Å²) in [7, 11) is 3.54. The predicted octanol–water partition coefficient (Wildman–Crippen LogP) is 0.00350. The Morgan fingerprint density at radius 3 is 2.72 bits per heavy atom. The van der Waals surface area contributed by atoms with Crippen LogP contribution in [0.25, 0.3) is 0 Å². The van der Waals surface area contributed by atoms with Crippen LogP contribution in [0.4, 0.5) is 0 Å². The third kappa shape index (κ3) is 3.76. The Kier molecular flexibility index (Phi) is 5.22. The second kappa shape index (κ2) is 7.39. The molecular weight excluding hydrogens is 320 g/mol. The van der Waals surface area contributed by atoms with Gasteiger partial charge in [-0.05, 0) is 44.4 Å². The maximum atomic E-state index is 13.0. The molecule has 3 rings (SSSR count). The van der Waals surface area contributed by atoms with Crippen molar-refractivity contribution in [1.82, 2.24) is 20.1 Å². The van der Waals surface area contributed by atoms with Crippen LogP contribution in [0.2, 0.25) is 0 Å². The number of rotatable bonds is 2. The Bertz CT molecular complexity index is 728. The molecule has 1 aliphatic heterocycles. The first-order valence-corrected chi connectivity index (χ1v) is 8.94. The average Bonchev–Trinajstić information content (AvgIpc) is 2.81. The summed E-state index contributed by atoms with van der Waals surface area (Å²) in [5, 5.41) is 2.66. The van der Waals surface area contributed by atoms with Gasteiger partial charge in [0, 0.05) is 38.9 Å². The molecule has 2 aliphatic rings. The highest BCUT2D eigenvalue weighted by molar-refractivity contribution is 5.94. The number of aromatic amines is 1. The van der Waals surface area contributed by atoms with Gasteiger partial charge in [-0.15, -0.1) is 0 Å². The highest BCUT2D eigenvalue weighted by Gasteiger charge is 2.30. The van der Waals surface area contributed by atoms with Crippen molar-refractivity contribution in [2.75, 3.05) is 40.3 Å². The largest absolute Gasteiger partial charge is 0.359 e. The van der Waals surface area contributed by atoms with Crippen LogP contribution in [-0.2, 0) is 17.6 Å². The van der Waals surface area contributed by atoms with Gasteiger partial charge in [0.15, 0.2) is 0 Å². The van der Waals surface area contributed by atoms with Crippen molar-refractivity contribution in [3.8, 4) is 0 Å². The summed E-state index contributed by atoms with van der Waals surface area (Å²) in [6.45, 7) is 2.13. The maximum absolute atomic E-state index is 13.0. The van der Waals surface area contributed by atoms with Crippen LogP contribution in [0.1, 0.15) is 34.5 Å². The van der Waals surface area contributed by atoms with E-state index in [9.17, 15) is 14.4 Å². The lowest BCUT2D eigenvalue weighted by Crippen LogP contribution is -2.42. The van der Waals surface area contributed by atoms with Gasteiger partial charge >= 0.3 is 0 Å². The van der Waals surface area contributed by atoms with E-state index < -0.39 is 0 Å². The van der Waals surface area contributed by atoms with E-state index >= 15 is 0 Å². The van der Waals surface area contributed by atoms with Crippen molar-refractivity contribution < 1.29 is 9.59 Å². The number of nitrogens with one attached hydrogen (secondary N) is 2. The first-order valence-electron chi connectivity index (χ1n) is 8.94. The molecule has 2 N–H and O–H groups in total. The van der Waals surface area contributed by atoms with Crippen LogP contribution in [0.5, 0.6) is 0 Å². The molecule has 7 nitrogen and oxygen atoms in total. The third-order valence-corrected chi connectivity index (χ3v) is 5.20. The second-order valence-electron chi connectivity index (χ2n) is 7.05. The van der Waals surface area contributed by atoms with Gasteiger partial charge in [0.2, 0.25) is 5.91 Å². The fraction of sp³-hybridized carbons (Fsp3) is 0.611. The van der Waals surface area contributed by atoms with E-state index in [1.165, 1.54) is 0 Å². The molecule has 1 saturated heterocycles. The minimum absolute atomic E-state index is 0.0779. The molecule has 1 unspecified atom stereocenters. The van der Waals surface area contributed by atoms with Crippen LogP contribution in [0.3, 0.4) is 0 Å². The van der Waals surface area contributed by atoms with Gasteiger partial charge < -0.3 is 20.1 Å². The average molecular weight is 346 g/mol. The number of H-pyrrole nitrogens is 1. The summed E-state index contributed by atoms with van der Waals surface area (Å²) in [6.07, 6.45) is 3.92. The molecule has 1 fully saturated rings. The number of carbonyl (C=O) groups excluding carboxylic acids is 2. The molecular formula is C18H26N4O3. The van der Waals surface area contributed by atoms with Crippen molar-refractivity contribution in [3.05, 3.63) is 33.2 Å². The minimum Gasteiger partial charge on any atom is -0.359 e. The van der Waals surface area contributed by atoms with Crippen molar-refractivity contribution in [2.24, 2.45) is 5.92 Å². The van der Waals surface area contributed by atoms with Crippen molar-refractivity contribution >= 4 is 11.8 Å². The van der Waals surface area contributed by atoms with Gasteiger partial charge in [0.25, 0.3) is 11.5 Å². The molecule has 7 heteroatoms. The highest BCUT2D eigenvalue weighted by atomic mass is 16.2. The number of carbonyl (C=O) groups is 2. The van der Waals surface area contributed by atoms with E-state index in [1.54, 1.807) is 18.0 Å². The smallest absolute Gasteiger partial charge is 0.261 e. The number of aryl methyl sites for hydroxylation is 2. The van der Waals surface area contributed by atoms with Crippen molar-refractivity contribution in [3.63, 3.8) is 0 Å². The number of hydrogen-bond acceptors (Lipinski definition) is 4. The monoisotopic (exact) mass is 346 g/mol. The van der Waals surface area contributed by atoms with Crippen molar-refractivity contribution in [1.29, 1.82) is 0 Å². The van der Waals surface area contributed by atoms with Gasteiger partial charge in [0.05, 0.1) is 5.92 Å². The van der Waals surface area contributed by atoms with E-state index in [2.05, 4.69) is 10.3 Å². The molecule has 2 heterocycles. The molecule has 0 bridgehead atoms. The molecule has 0 saturated carbocycles. The number of likely N-dealkylation sites (N-methyl/N-ethyl adjacent to an activating group) is 1. The third-order valence-electron chi connectivity index (χ3n) is 5.20. The zero-order valence-electron chi connectivity index (χ0n) is 14.9. The molecule has 136 valence electrons. The summed E-state index contributed by atoms with van der Waals surface area (Å²) in [5.74, 6) is -0.650. The van der Waals surface area contributed by atoms with E-state index in [0.29, 0.717) is 26.2 Å². The van der Waals surface area contributed by atoms with E-state index in [4.69, 9.17) is 0 Å². The molecule has 0 radical (unpaired) electrons. The lowest BCUT2D eigenvalue weighted by Gasteiger charge is -2.24. The zero-order valence-corrected chi connectivity index (χ0v) is 14.9. The Hall–Kier alpha value is -2.15. The van der Waals surface area contributed by atoms with E-state index in [1.807, 2.05) is 11.9 Å². The van der Waals surface area contributed by atoms with Gasteiger partial charge in [-0.1, -0.05) is 0 Å². The first-order chi connectivity index (χ1) is 12.0. The van der Waals surface area contributed by atoms with Crippen molar-refractivity contribution in [2.45, 2.75) is 25.7 Å². The highest BCUT2D eigenvalue weighted by Crippen LogP contribution is 2.19. The Morgan fingerprint density at radius 1 is 1.20 bits per heavy atom. The Labute approximate surface area is 147 Å². The number of nitrogens with zero attached hydrogens (tertiary/aromatic N) is 2. The minimum atomic E-state index is -0.320. The first kappa shape index (κ1) is 17.7. The molecule has 2 amide bonds. The summed E-state index contributed by atoms with van der Waals surface area (Å²) < 4.78 is 0. The summed E-state index contributed by atoms with van der Waals surface area (Å²) in [6, 6.07) is 1.76. The predicted molar refractivity (Wildman–Crippen MR) is 94.7 cm³/mol. The standard InChI is InChI=1S/C18H26N4O3/c1-19-16(23)13-10-21(2)7-8-22(11-13)18(25)14-9-12-5-3-4-6-15(12)20-17(14)24/h9,13H,3-8,10-11H2,1-2H3,(H,19,23)(H,20,24). The van der Waals surface area contributed by atoms with Crippen LogP contribution >= 0.6 is 0 Å². The quantitative estimate of drug-likeness (QED) is 0.790. The Balaban J connectivity index is 1.86. The van der Waals surface area contributed by atoms with Crippen LogP contribution in [0.15, 0.2) is 10.9 Å². The SMILES string of the molecule is CNC(=O)C1CN(C)CCN(C(=O)c2cc3c([nH]c2=O)CCCC3)C1. The zero-order chi connectivity index (χ0) is 18.0. The van der Waals surface area contributed by atoms with E-state index in [0.717, 1.165) is 36.9 Å². The molecule has 1 atom stereocenters. The van der Waals surface area contributed by atoms with Gasteiger partial charge in [-0.3, -0.25) is 14.4 Å². The van der Waals surface area contributed by atoms with Crippen LogP contribution < -0.4 is 10.9 Å². The fourth-order valence-corrected chi connectivity index (χ4v) is 3.73. The number of aromatic nitrogens is 1. The summed E-state index contributed by atoms with van der Waals surface area (Å²) in [5.41, 5.74) is 1.91. The molecule has 1 aliphatic carbocycles. The number of pyridine rings is 1. The molecule has 1 aromatic heterocycles. The topological polar surface area (TPSA) is 85.5 Å². The number of amides is 2. The molecule has 25 heavy (non-hydrogen) atoms. The number of fused-ring (bicyclic) bond motifs is 1. The summed E-state index contributed by atoms with van der Waals surface area (Å²) in [4.78, 5) is 44.0. The fourth-order valence-electron chi connectivity index (χ4n) is 3.73. The Morgan fingerprint density at radius 2 is 1.96 bits per heavy atom. The number of hydrogen-bond donors (Lipinski definition) is 2. The molecule has 1 aromatic rings. The van der Waals surface area contributed by atoms with Gasteiger partial charge in [-0.25, -0.2) is 0 Å². The van der Waals surface area contributed by atoms with Gasteiger partial charge in [-0.2, -0.15) is 0 Å². The maximum Gasteiger partial charge on any atom is 0.261 e. The van der Waals surface area contributed by atoms with Crippen LogP contribution in [-0.4, -0.2) is 66.9 Å². The summed E-state index contributed by atoms with van der Waals surface area (Å²) >= 11 is 0. The molecule has 0 spiro atoms. The van der Waals surface area contributed by atoms with E-state index in [-0.39, 0.29) is 28.9 Å². The lowest BCUT2D eigenvalue weighted by molar-refractivity contribution is -0.125. The van der Waals surface area contributed by atoms with Crippen LogP contribution in [0, 0.1) is 5.92 Å².